The fraction of sp³-hybridized carbons (Fsp3) is 0.348. The van der Waals surface area contributed by atoms with Gasteiger partial charge >= 0.3 is 5.97 Å². The Bertz CT molecular complexity index is 918. The van der Waals surface area contributed by atoms with Gasteiger partial charge in [-0.1, -0.05) is 48.5 Å². The molecule has 2 aromatic rings. The fourth-order valence-electron chi connectivity index (χ4n) is 4.31. The molecule has 7 heteroatoms. The predicted octanol–water partition coefficient (Wildman–Crippen LogP) is 1.88. The molecule has 7 nitrogen and oxygen atoms in total. The molecule has 0 bridgehead atoms. The van der Waals surface area contributed by atoms with Crippen molar-refractivity contribution in [3.8, 4) is 5.75 Å². The highest BCUT2D eigenvalue weighted by Crippen LogP contribution is 2.44. The van der Waals surface area contributed by atoms with Gasteiger partial charge in [0.1, 0.15) is 17.8 Å². The second-order valence-corrected chi connectivity index (χ2v) is 7.41. The molecule has 2 heterocycles. The highest BCUT2D eigenvalue weighted by atomic mass is 16.5. The Morgan fingerprint density at radius 1 is 1.07 bits per heavy atom. The first-order valence-electron chi connectivity index (χ1n) is 10.1. The van der Waals surface area contributed by atoms with Gasteiger partial charge in [0.05, 0.1) is 12.6 Å². The van der Waals surface area contributed by atoms with Crippen molar-refractivity contribution < 1.29 is 23.9 Å². The maximum atomic E-state index is 12.8. The fourth-order valence-corrected chi connectivity index (χ4v) is 4.31. The number of amides is 2. The Balaban J connectivity index is 1.44. The molecule has 1 N–H and O–H groups in total. The van der Waals surface area contributed by atoms with Crippen LogP contribution in [0, 0.1) is 0 Å². The van der Waals surface area contributed by atoms with Crippen molar-refractivity contribution in [1.29, 1.82) is 0 Å². The summed E-state index contributed by atoms with van der Waals surface area (Å²) in [5.74, 6) is -0.611. The average molecular weight is 408 g/mol. The summed E-state index contributed by atoms with van der Waals surface area (Å²) >= 11 is 0. The Kier molecular flexibility index (Phi) is 5.70. The smallest absolute Gasteiger partial charge is 0.329 e. The van der Waals surface area contributed by atoms with Crippen molar-refractivity contribution >= 4 is 17.8 Å². The van der Waals surface area contributed by atoms with Gasteiger partial charge in [-0.3, -0.25) is 9.59 Å². The molecule has 4 atom stereocenters. The van der Waals surface area contributed by atoms with Gasteiger partial charge in [-0.05, 0) is 31.0 Å². The van der Waals surface area contributed by atoms with Crippen LogP contribution in [0.2, 0.25) is 0 Å². The standard InChI is InChI=1S/C23H24N2O5/c1-2-29-23(28)21-17(15-9-5-3-6-10-15)13-18-20(22(27)25(18)21)24-19(26)14-30-16-11-7-4-8-12-16/h3-12,17-18,20-21H,2,13-14H2,1H3,(H,24,26). The number of nitrogens with one attached hydrogen (secondary N) is 1. The van der Waals surface area contributed by atoms with E-state index in [2.05, 4.69) is 5.32 Å². The molecule has 156 valence electrons. The number of nitrogens with zero attached hydrogens (tertiary/aromatic N) is 1. The summed E-state index contributed by atoms with van der Waals surface area (Å²) in [5.41, 5.74) is 0.982. The van der Waals surface area contributed by atoms with Crippen molar-refractivity contribution in [3.05, 3.63) is 66.2 Å². The molecule has 0 aromatic heterocycles. The second kappa shape index (κ2) is 8.57. The Morgan fingerprint density at radius 2 is 1.73 bits per heavy atom. The van der Waals surface area contributed by atoms with Crippen molar-refractivity contribution in [3.63, 3.8) is 0 Å². The average Bonchev–Trinajstić information content (AvgIpc) is 3.14. The first-order chi connectivity index (χ1) is 14.6. The zero-order valence-corrected chi connectivity index (χ0v) is 16.7. The van der Waals surface area contributed by atoms with E-state index in [1.807, 2.05) is 48.5 Å². The van der Waals surface area contributed by atoms with Gasteiger partial charge in [-0.2, -0.15) is 0 Å². The van der Waals surface area contributed by atoms with Gasteiger partial charge in [0, 0.05) is 5.92 Å². The predicted molar refractivity (Wildman–Crippen MR) is 109 cm³/mol. The third-order valence-corrected chi connectivity index (χ3v) is 5.62. The molecule has 30 heavy (non-hydrogen) atoms. The number of rotatable bonds is 7. The summed E-state index contributed by atoms with van der Waals surface area (Å²) in [5, 5.41) is 2.76. The number of hydrogen-bond donors (Lipinski definition) is 1. The van der Waals surface area contributed by atoms with E-state index >= 15 is 0 Å². The normalized spacial score (nSPS) is 24.6. The third-order valence-electron chi connectivity index (χ3n) is 5.62. The van der Waals surface area contributed by atoms with Crippen LogP contribution >= 0.6 is 0 Å². The monoisotopic (exact) mass is 408 g/mol. The molecule has 2 aromatic carbocycles. The van der Waals surface area contributed by atoms with E-state index in [0.717, 1.165) is 5.56 Å². The summed E-state index contributed by atoms with van der Waals surface area (Å²) in [6.45, 7) is 1.82. The van der Waals surface area contributed by atoms with Gasteiger partial charge in [-0.15, -0.1) is 0 Å². The van der Waals surface area contributed by atoms with Crippen LogP contribution in [0.15, 0.2) is 60.7 Å². The SMILES string of the molecule is CCOC(=O)C1C(c2ccccc2)CC2C(NC(=O)COc3ccccc3)C(=O)N21. The van der Waals surface area contributed by atoms with Crippen LogP contribution < -0.4 is 10.1 Å². The number of fused-ring (bicyclic) bond motifs is 1. The number of carbonyl (C=O) groups excluding carboxylic acids is 3. The highest BCUT2D eigenvalue weighted by Gasteiger charge is 2.60. The summed E-state index contributed by atoms with van der Waals surface area (Å²) in [4.78, 5) is 39.3. The molecule has 2 saturated heterocycles. The van der Waals surface area contributed by atoms with E-state index in [4.69, 9.17) is 9.47 Å². The Hall–Kier alpha value is -3.35. The van der Waals surface area contributed by atoms with Crippen LogP contribution in [0.4, 0.5) is 0 Å². The van der Waals surface area contributed by atoms with Crippen molar-refractivity contribution in [2.24, 2.45) is 0 Å². The molecule has 0 radical (unpaired) electrons. The van der Waals surface area contributed by atoms with Crippen molar-refractivity contribution in [2.75, 3.05) is 13.2 Å². The largest absolute Gasteiger partial charge is 0.484 e. The second-order valence-electron chi connectivity index (χ2n) is 7.41. The van der Waals surface area contributed by atoms with E-state index in [9.17, 15) is 14.4 Å². The maximum absolute atomic E-state index is 12.8. The molecule has 0 spiro atoms. The number of para-hydroxylation sites is 1. The molecular weight excluding hydrogens is 384 g/mol. The lowest BCUT2D eigenvalue weighted by Gasteiger charge is -2.44. The minimum absolute atomic E-state index is 0.165. The van der Waals surface area contributed by atoms with E-state index in [1.54, 1.807) is 24.0 Å². The van der Waals surface area contributed by atoms with Gasteiger partial charge in [0.2, 0.25) is 5.91 Å². The van der Waals surface area contributed by atoms with E-state index in [0.29, 0.717) is 12.2 Å². The molecule has 4 rings (SSSR count). The Morgan fingerprint density at radius 3 is 2.40 bits per heavy atom. The Labute approximate surface area is 175 Å². The lowest BCUT2D eigenvalue weighted by Crippen LogP contribution is -2.71. The summed E-state index contributed by atoms with van der Waals surface area (Å²) in [6.07, 6.45) is 0.587. The number of β-lactam (4-membered cyclic amide) rings is 1. The van der Waals surface area contributed by atoms with Crippen LogP contribution in [-0.2, 0) is 19.1 Å². The number of benzene rings is 2. The highest BCUT2D eigenvalue weighted by molar-refractivity contribution is 5.98. The molecule has 2 amide bonds. The molecule has 0 saturated carbocycles. The first kappa shape index (κ1) is 19.9. The van der Waals surface area contributed by atoms with Crippen LogP contribution in [0.25, 0.3) is 0 Å². The number of ether oxygens (including phenoxy) is 2. The summed E-state index contributed by atoms with van der Waals surface area (Å²) < 4.78 is 10.7. The van der Waals surface area contributed by atoms with Crippen LogP contribution in [0.3, 0.4) is 0 Å². The topological polar surface area (TPSA) is 84.9 Å². The quantitative estimate of drug-likeness (QED) is 0.559. The van der Waals surface area contributed by atoms with Crippen molar-refractivity contribution in [2.45, 2.75) is 37.4 Å². The van der Waals surface area contributed by atoms with Crippen LogP contribution in [0.1, 0.15) is 24.8 Å². The lowest BCUT2D eigenvalue weighted by atomic mass is 9.89. The van der Waals surface area contributed by atoms with E-state index in [1.165, 1.54) is 0 Å². The summed E-state index contributed by atoms with van der Waals surface area (Å²) in [7, 11) is 0. The lowest BCUT2D eigenvalue weighted by molar-refractivity contribution is -0.164. The van der Waals surface area contributed by atoms with Crippen LogP contribution in [0.5, 0.6) is 5.75 Å². The molecule has 2 fully saturated rings. The van der Waals surface area contributed by atoms with Gasteiger partial charge in [0.25, 0.3) is 5.91 Å². The van der Waals surface area contributed by atoms with Crippen LogP contribution in [-0.4, -0.2) is 54.0 Å². The number of esters is 1. The van der Waals surface area contributed by atoms with E-state index in [-0.39, 0.29) is 37.0 Å². The zero-order chi connectivity index (χ0) is 21.1. The first-order valence-corrected chi connectivity index (χ1v) is 10.1. The van der Waals surface area contributed by atoms with E-state index < -0.39 is 18.1 Å². The van der Waals surface area contributed by atoms with Gasteiger partial charge in [-0.25, -0.2) is 4.79 Å². The molecule has 2 aliphatic heterocycles. The third kappa shape index (κ3) is 3.75. The molecular formula is C23H24N2O5. The van der Waals surface area contributed by atoms with Crippen molar-refractivity contribution in [1.82, 2.24) is 10.2 Å². The number of hydrogen-bond acceptors (Lipinski definition) is 5. The molecule has 0 aliphatic carbocycles. The molecule has 2 aliphatic rings. The van der Waals surface area contributed by atoms with Gasteiger partial charge in [0.15, 0.2) is 6.61 Å². The van der Waals surface area contributed by atoms with Gasteiger partial charge < -0.3 is 19.7 Å². The zero-order valence-electron chi connectivity index (χ0n) is 16.7. The minimum Gasteiger partial charge on any atom is -0.484 e. The minimum atomic E-state index is -0.668. The summed E-state index contributed by atoms with van der Waals surface area (Å²) in [6, 6.07) is 17.1. The maximum Gasteiger partial charge on any atom is 0.329 e. The number of carbonyl (C=O) groups is 3. The molecule has 4 unspecified atom stereocenters.